The lowest BCUT2D eigenvalue weighted by Gasteiger charge is -2.31. The monoisotopic (exact) mass is 398 g/mol. The van der Waals surface area contributed by atoms with Gasteiger partial charge in [-0.05, 0) is 61.7 Å². The van der Waals surface area contributed by atoms with Crippen LogP contribution in [0.1, 0.15) is 39.1 Å². The Morgan fingerprint density at radius 1 is 1.03 bits per heavy atom. The lowest BCUT2D eigenvalue weighted by Crippen LogP contribution is -2.41. The normalized spacial score (nSPS) is 14.4. The highest BCUT2D eigenvalue weighted by Gasteiger charge is 2.28. The summed E-state index contributed by atoms with van der Waals surface area (Å²) >= 11 is 0. The highest BCUT2D eigenvalue weighted by molar-refractivity contribution is 5.97. The van der Waals surface area contributed by atoms with Crippen molar-refractivity contribution in [1.29, 1.82) is 0 Å². The molecule has 1 aliphatic rings. The van der Waals surface area contributed by atoms with Crippen LogP contribution in [0.2, 0.25) is 0 Å². The van der Waals surface area contributed by atoms with Gasteiger partial charge in [0.05, 0.1) is 12.7 Å². The predicted octanol–water partition coefficient (Wildman–Crippen LogP) is 3.41. The maximum atomic E-state index is 13.0. The van der Waals surface area contributed by atoms with Crippen molar-refractivity contribution in [2.75, 3.05) is 25.5 Å². The van der Waals surface area contributed by atoms with Gasteiger partial charge in [-0.1, -0.05) is 6.07 Å². The number of carbonyl (C=O) groups excluding carboxylic acids is 3. The van der Waals surface area contributed by atoms with E-state index in [2.05, 4.69) is 5.32 Å². The van der Waals surface area contributed by atoms with E-state index in [1.165, 1.54) is 31.4 Å². The Labute approximate surface area is 168 Å². The lowest BCUT2D eigenvalue weighted by atomic mass is 9.95. The van der Waals surface area contributed by atoms with Crippen LogP contribution in [-0.2, 0) is 9.53 Å². The highest BCUT2D eigenvalue weighted by atomic mass is 19.1. The molecule has 1 heterocycles. The number of rotatable bonds is 4. The van der Waals surface area contributed by atoms with E-state index < -0.39 is 5.97 Å². The maximum absolute atomic E-state index is 13.0. The predicted molar refractivity (Wildman–Crippen MR) is 106 cm³/mol. The molecule has 1 aliphatic heterocycles. The number of esters is 1. The van der Waals surface area contributed by atoms with E-state index in [-0.39, 0.29) is 23.5 Å². The first-order chi connectivity index (χ1) is 13.9. The van der Waals surface area contributed by atoms with Crippen molar-refractivity contribution in [3.8, 4) is 0 Å². The first-order valence-corrected chi connectivity index (χ1v) is 9.43. The van der Waals surface area contributed by atoms with E-state index in [1.54, 1.807) is 23.1 Å². The Bertz CT molecular complexity index is 919. The zero-order valence-electron chi connectivity index (χ0n) is 16.4. The summed E-state index contributed by atoms with van der Waals surface area (Å²) in [6, 6.07) is 10.5. The first-order valence-electron chi connectivity index (χ1n) is 9.43. The van der Waals surface area contributed by atoms with Crippen molar-refractivity contribution >= 4 is 23.5 Å². The second-order valence-electron chi connectivity index (χ2n) is 7.08. The van der Waals surface area contributed by atoms with Gasteiger partial charge in [0.2, 0.25) is 5.91 Å². The summed E-state index contributed by atoms with van der Waals surface area (Å²) in [5.74, 6) is -1.38. The fourth-order valence-electron chi connectivity index (χ4n) is 3.36. The number of piperidine rings is 1. The maximum Gasteiger partial charge on any atom is 0.337 e. The Balaban J connectivity index is 1.60. The van der Waals surface area contributed by atoms with E-state index in [4.69, 9.17) is 4.74 Å². The van der Waals surface area contributed by atoms with Gasteiger partial charge in [-0.15, -0.1) is 0 Å². The van der Waals surface area contributed by atoms with E-state index in [9.17, 15) is 18.8 Å². The SMILES string of the molecule is COC(=O)c1ccc(C)c(NC(=O)C2CCN(C(=O)c3ccc(F)cc3)CC2)c1. The summed E-state index contributed by atoms with van der Waals surface area (Å²) in [5, 5.41) is 2.89. The van der Waals surface area contributed by atoms with Crippen LogP contribution >= 0.6 is 0 Å². The average molecular weight is 398 g/mol. The van der Waals surface area contributed by atoms with E-state index in [0.29, 0.717) is 42.7 Å². The molecule has 0 bridgehead atoms. The minimum Gasteiger partial charge on any atom is -0.465 e. The number of halogens is 1. The van der Waals surface area contributed by atoms with Crippen LogP contribution in [0.3, 0.4) is 0 Å². The third-order valence-electron chi connectivity index (χ3n) is 5.16. The van der Waals surface area contributed by atoms with Crippen LogP contribution in [0.4, 0.5) is 10.1 Å². The number of benzene rings is 2. The number of likely N-dealkylation sites (tertiary alicyclic amines) is 1. The van der Waals surface area contributed by atoms with Gasteiger partial charge in [0.15, 0.2) is 0 Å². The van der Waals surface area contributed by atoms with Crippen LogP contribution in [0, 0.1) is 18.7 Å². The van der Waals surface area contributed by atoms with E-state index in [1.807, 2.05) is 6.92 Å². The Morgan fingerprint density at radius 2 is 1.66 bits per heavy atom. The molecule has 0 aromatic heterocycles. The minimum atomic E-state index is -0.465. The number of ether oxygens (including phenoxy) is 1. The summed E-state index contributed by atoms with van der Waals surface area (Å²) in [5.41, 5.74) is 2.22. The van der Waals surface area contributed by atoms with Crippen molar-refractivity contribution in [2.24, 2.45) is 5.92 Å². The number of aryl methyl sites for hydroxylation is 1. The number of carbonyl (C=O) groups is 3. The van der Waals surface area contributed by atoms with Gasteiger partial charge in [0, 0.05) is 30.3 Å². The lowest BCUT2D eigenvalue weighted by molar-refractivity contribution is -0.121. The molecule has 1 saturated heterocycles. The Morgan fingerprint density at radius 3 is 2.28 bits per heavy atom. The molecule has 0 spiro atoms. The molecular formula is C22H23FN2O4. The molecule has 0 unspecified atom stereocenters. The fraction of sp³-hybridized carbons (Fsp3) is 0.318. The molecule has 6 nitrogen and oxygen atoms in total. The number of anilines is 1. The summed E-state index contributed by atoms with van der Waals surface area (Å²) in [7, 11) is 1.31. The van der Waals surface area contributed by atoms with E-state index >= 15 is 0 Å². The average Bonchev–Trinajstić information content (AvgIpc) is 2.74. The first kappa shape index (κ1) is 20.5. The number of methoxy groups -OCH3 is 1. The van der Waals surface area contributed by atoms with Crippen molar-refractivity contribution < 1.29 is 23.5 Å². The standard InChI is InChI=1S/C22H23FN2O4/c1-14-3-4-17(22(28)29-2)13-19(14)24-20(26)15-9-11-25(12-10-15)21(27)16-5-7-18(23)8-6-16/h3-8,13,15H,9-12H2,1-2H3,(H,24,26). The van der Waals surface area contributed by atoms with Crippen molar-refractivity contribution in [2.45, 2.75) is 19.8 Å². The molecular weight excluding hydrogens is 375 g/mol. The molecule has 2 aromatic rings. The van der Waals surface area contributed by atoms with Crippen LogP contribution < -0.4 is 5.32 Å². The molecule has 7 heteroatoms. The number of hydrogen-bond acceptors (Lipinski definition) is 4. The summed E-state index contributed by atoms with van der Waals surface area (Å²) < 4.78 is 17.8. The minimum absolute atomic E-state index is 0.135. The molecule has 0 radical (unpaired) electrons. The number of amides is 2. The molecule has 1 N–H and O–H groups in total. The largest absolute Gasteiger partial charge is 0.465 e. The zero-order chi connectivity index (χ0) is 21.0. The molecule has 3 rings (SSSR count). The summed E-state index contributed by atoms with van der Waals surface area (Å²) in [6.07, 6.45) is 1.07. The third-order valence-corrected chi connectivity index (χ3v) is 5.16. The number of hydrogen-bond donors (Lipinski definition) is 1. The van der Waals surface area contributed by atoms with Gasteiger partial charge < -0.3 is 15.0 Å². The molecule has 2 aromatic carbocycles. The topological polar surface area (TPSA) is 75.7 Å². The quantitative estimate of drug-likeness (QED) is 0.801. The molecule has 29 heavy (non-hydrogen) atoms. The fourth-order valence-corrected chi connectivity index (χ4v) is 3.36. The van der Waals surface area contributed by atoms with Crippen molar-refractivity contribution in [1.82, 2.24) is 4.90 Å². The third kappa shape index (κ3) is 4.80. The molecule has 2 amide bonds. The van der Waals surface area contributed by atoms with E-state index in [0.717, 1.165) is 5.56 Å². The van der Waals surface area contributed by atoms with Crippen LogP contribution in [0.25, 0.3) is 0 Å². The number of nitrogens with one attached hydrogen (secondary N) is 1. The van der Waals surface area contributed by atoms with Crippen LogP contribution in [0.15, 0.2) is 42.5 Å². The van der Waals surface area contributed by atoms with Gasteiger partial charge in [-0.2, -0.15) is 0 Å². The van der Waals surface area contributed by atoms with Gasteiger partial charge in [0.1, 0.15) is 5.82 Å². The van der Waals surface area contributed by atoms with Crippen molar-refractivity contribution in [3.05, 3.63) is 65.0 Å². The summed E-state index contributed by atoms with van der Waals surface area (Å²) in [6.45, 7) is 2.76. The zero-order valence-corrected chi connectivity index (χ0v) is 16.4. The van der Waals surface area contributed by atoms with Gasteiger partial charge in [-0.3, -0.25) is 9.59 Å². The second-order valence-corrected chi connectivity index (χ2v) is 7.08. The highest BCUT2D eigenvalue weighted by Crippen LogP contribution is 2.23. The van der Waals surface area contributed by atoms with Gasteiger partial charge in [-0.25, -0.2) is 9.18 Å². The van der Waals surface area contributed by atoms with Crippen molar-refractivity contribution in [3.63, 3.8) is 0 Å². The summed E-state index contributed by atoms with van der Waals surface area (Å²) in [4.78, 5) is 38.6. The Hall–Kier alpha value is -3.22. The molecule has 152 valence electrons. The Kier molecular flexibility index (Phi) is 6.26. The second kappa shape index (κ2) is 8.86. The van der Waals surface area contributed by atoms with Crippen LogP contribution in [-0.4, -0.2) is 42.9 Å². The molecule has 0 atom stereocenters. The molecule has 1 fully saturated rings. The molecule has 0 saturated carbocycles. The van der Waals surface area contributed by atoms with Gasteiger partial charge >= 0.3 is 5.97 Å². The van der Waals surface area contributed by atoms with Crippen LogP contribution in [0.5, 0.6) is 0 Å². The van der Waals surface area contributed by atoms with Gasteiger partial charge in [0.25, 0.3) is 5.91 Å². The number of nitrogens with zero attached hydrogens (tertiary/aromatic N) is 1. The molecule has 0 aliphatic carbocycles. The smallest absolute Gasteiger partial charge is 0.337 e.